The molecule has 2 aromatic rings. The highest BCUT2D eigenvalue weighted by atomic mass is 32.1. The highest BCUT2D eigenvalue weighted by Crippen LogP contribution is 2.23. The Kier molecular flexibility index (Phi) is 5.68. The van der Waals surface area contributed by atoms with Gasteiger partial charge in [-0.05, 0) is 20.5 Å². The summed E-state index contributed by atoms with van der Waals surface area (Å²) in [5.41, 5.74) is 1.47. The summed E-state index contributed by atoms with van der Waals surface area (Å²) < 4.78 is 1.73. The molecule has 0 spiro atoms. The number of hydrogen-bond acceptors (Lipinski definition) is 5. The van der Waals surface area contributed by atoms with Gasteiger partial charge in [-0.1, -0.05) is 6.92 Å². The molecular weight excluding hydrogens is 298 g/mol. The summed E-state index contributed by atoms with van der Waals surface area (Å²) in [6, 6.07) is 0. The zero-order valence-corrected chi connectivity index (χ0v) is 14.4. The van der Waals surface area contributed by atoms with E-state index in [1.807, 2.05) is 37.6 Å². The molecule has 2 aromatic heterocycles. The predicted molar refractivity (Wildman–Crippen MR) is 89.1 cm³/mol. The average Bonchev–Trinajstić information content (AvgIpc) is 3.11. The third kappa shape index (κ3) is 4.14. The van der Waals surface area contributed by atoms with Gasteiger partial charge in [0.1, 0.15) is 10.7 Å². The monoisotopic (exact) mass is 321 g/mol. The van der Waals surface area contributed by atoms with Crippen molar-refractivity contribution in [2.45, 2.75) is 13.3 Å². The first kappa shape index (κ1) is 16.6. The van der Waals surface area contributed by atoms with Gasteiger partial charge in [0.25, 0.3) is 5.91 Å². The van der Waals surface area contributed by atoms with E-state index in [1.165, 1.54) is 11.3 Å². The van der Waals surface area contributed by atoms with Gasteiger partial charge in [0.2, 0.25) is 0 Å². The number of likely N-dealkylation sites (N-methyl/N-ethyl adjacent to an activating group) is 1. The predicted octanol–water partition coefficient (Wildman–Crippen LogP) is 1.96. The van der Waals surface area contributed by atoms with Crippen molar-refractivity contribution in [2.75, 3.05) is 33.7 Å². The maximum absolute atomic E-state index is 12.6. The Morgan fingerprint density at radius 2 is 2.09 bits per heavy atom. The van der Waals surface area contributed by atoms with E-state index in [2.05, 4.69) is 21.9 Å². The third-order valence-corrected chi connectivity index (χ3v) is 4.16. The standard InChI is InChI=1S/C15H23N5OS/c1-5-6-20(8-7-18(2)3)15(21)13-11-22-14(17-13)12-9-16-19(4)10-12/h9-11H,5-8H2,1-4H3. The van der Waals surface area contributed by atoms with Crippen LogP contribution in [0.2, 0.25) is 0 Å². The fraction of sp³-hybridized carbons (Fsp3) is 0.533. The number of amides is 1. The summed E-state index contributed by atoms with van der Waals surface area (Å²) in [7, 11) is 5.89. The molecule has 2 heterocycles. The number of thiazole rings is 1. The van der Waals surface area contributed by atoms with Crippen molar-refractivity contribution in [1.29, 1.82) is 0 Å². The Morgan fingerprint density at radius 3 is 2.68 bits per heavy atom. The minimum absolute atomic E-state index is 0.00934. The molecule has 22 heavy (non-hydrogen) atoms. The van der Waals surface area contributed by atoms with Crippen LogP contribution in [0, 0.1) is 0 Å². The van der Waals surface area contributed by atoms with Crippen LogP contribution in [0.25, 0.3) is 10.6 Å². The number of carbonyl (C=O) groups excluding carboxylic acids is 1. The topological polar surface area (TPSA) is 54.3 Å². The lowest BCUT2D eigenvalue weighted by Crippen LogP contribution is -2.37. The number of aryl methyl sites for hydroxylation is 1. The van der Waals surface area contributed by atoms with Crippen LogP contribution in [0.4, 0.5) is 0 Å². The van der Waals surface area contributed by atoms with E-state index in [-0.39, 0.29) is 5.91 Å². The zero-order chi connectivity index (χ0) is 16.1. The van der Waals surface area contributed by atoms with E-state index >= 15 is 0 Å². The normalized spacial score (nSPS) is 11.1. The van der Waals surface area contributed by atoms with E-state index in [1.54, 1.807) is 10.9 Å². The van der Waals surface area contributed by atoms with Gasteiger partial charge >= 0.3 is 0 Å². The Hall–Kier alpha value is -1.73. The second-order valence-electron chi connectivity index (χ2n) is 5.54. The summed E-state index contributed by atoms with van der Waals surface area (Å²) in [5.74, 6) is 0.00934. The second kappa shape index (κ2) is 7.51. The zero-order valence-electron chi connectivity index (χ0n) is 13.6. The summed E-state index contributed by atoms with van der Waals surface area (Å²) >= 11 is 1.48. The summed E-state index contributed by atoms with van der Waals surface area (Å²) in [6.07, 6.45) is 4.62. The molecule has 2 rings (SSSR count). The van der Waals surface area contributed by atoms with E-state index in [4.69, 9.17) is 0 Å². The highest BCUT2D eigenvalue weighted by Gasteiger charge is 2.19. The van der Waals surface area contributed by atoms with E-state index in [0.29, 0.717) is 5.69 Å². The highest BCUT2D eigenvalue weighted by molar-refractivity contribution is 7.13. The van der Waals surface area contributed by atoms with Gasteiger partial charge in [0.05, 0.1) is 6.20 Å². The second-order valence-corrected chi connectivity index (χ2v) is 6.39. The summed E-state index contributed by atoms with van der Waals surface area (Å²) in [6.45, 7) is 4.41. The van der Waals surface area contributed by atoms with Gasteiger partial charge < -0.3 is 9.80 Å². The molecule has 0 radical (unpaired) electrons. The van der Waals surface area contributed by atoms with Crippen LogP contribution in [0.15, 0.2) is 17.8 Å². The average molecular weight is 321 g/mol. The van der Waals surface area contributed by atoms with Crippen LogP contribution in [0.1, 0.15) is 23.8 Å². The molecule has 7 heteroatoms. The SMILES string of the molecule is CCCN(CCN(C)C)C(=O)c1csc(-c2cnn(C)c2)n1. The van der Waals surface area contributed by atoms with Gasteiger partial charge in [-0.15, -0.1) is 11.3 Å². The van der Waals surface area contributed by atoms with Crippen LogP contribution >= 0.6 is 11.3 Å². The largest absolute Gasteiger partial charge is 0.336 e. The van der Waals surface area contributed by atoms with Crippen molar-refractivity contribution < 1.29 is 4.79 Å². The Morgan fingerprint density at radius 1 is 1.32 bits per heavy atom. The van der Waals surface area contributed by atoms with Crippen molar-refractivity contribution in [3.63, 3.8) is 0 Å². The van der Waals surface area contributed by atoms with Gasteiger partial charge in [0, 0.05) is 43.8 Å². The quantitative estimate of drug-likeness (QED) is 0.782. The molecule has 0 aliphatic rings. The Balaban J connectivity index is 2.11. The van der Waals surface area contributed by atoms with Gasteiger partial charge in [-0.25, -0.2) is 4.98 Å². The van der Waals surface area contributed by atoms with Gasteiger partial charge in [-0.3, -0.25) is 9.48 Å². The summed E-state index contributed by atoms with van der Waals surface area (Å²) in [4.78, 5) is 21.1. The number of nitrogens with zero attached hydrogens (tertiary/aromatic N) is 5. The summed E-state index contributed by atoms with van der Waals surface area (Å²) in [5, 5.41) is 6.81. The third-order valence-electron chi connectivity index (χ3n) is 3.27. The number of rotatable bonds is 7. The van der Waals surface area contributed by atoms with E-state index in [9.17, 15) is 4.79 Å². The molecule has 0 bridgehead atoms. The first-order chi connectivity index (χ1) is 10.5. The molecule has 0 saturated carbocycles. The minimum atomic E-state index is 0.00934. The van der Waals surface area contributed by atoms with Crippen LogP contribution in [0.3, 0.4) is 0 Å². The van der Waals surface area contributed by atoms with Gasteiger partial charge in [-0.2, -0.15) is 5.10 Å². The molecule has 0 N–H and O–H groups in total. The van der Waals surface area contributed by atoms with Crippen LogP contribution in [-0.4, -0.2) is 64.2 Å². The van der Waals surface area contributed by atoms with Crippen molar-refractivity contribution >= 4 is 17.2 Å². The molecule has 0 aromatic carbocycles. The first-order valence-electron chi connectivity index (χ1n) is 7.39. The molecule has 0 aliphatic carbocycles. The molecule has 120 valence electrons. The number of carbonyl (C=O) groups is 1. The molecule has 6 nitrogen and oxygen atoms in total. The molecular formula is C15H23N5OS. The molecule has 0 atom stereocenters. The van der Waals surface area contributed by atoms with Crippen molar-refractivity contribution in [1.82, 2.24) is 24.6 Å². The first-order valence-corrected chi connectivity index (χ1v) is 8.27. The lowest BCUT2D eigenvalue weighted by atomic mass is 10.3. The minimum Gasteiger partial charge on any atom is -0.336 e. The smallest absolute Gasteiger partial charge is 0.273 e. The van der Waals surface area contributed by atoms with Crippen LogP contribution < -0.4 is 0 Å². The Labute approximate surface area is 135 Å². The maximum Gasteiger partial charge on any atom is 0.273 e. The van der Waals surface area contributed by atoms with Gasteiger partial charge in [0.15, 0.2) is 0 Å². The molecule has 1 amide bonds. The lowest BCUT2D eigenvalue weighted by molar-refractivity contribution is 0.0740. The van der Waals surface area contributed by atoms with Crippen LogP contribution in [0.5, 0.6) is 0 Å². The maximum atomic E-state index is 12.6. The molecule has 0 unspecified atom stereocenters. The van der Waals surface area contributed by atoms with E-state index < -0.39 is 0 Å². The molecule has 0 aliphatic heterocycles. The van der Waals surface area contributed by atoms with Crippen molar-refractivity contribution in [2.24, 2.45) is 7.05 Å². The van der Waals surface area contributed by atoms with Crippen molar-refractivity contribution in [3.8, 4) is 10.6 Å². The molecule has 0 fully saturated rings. The van der Waals surface area contributed by atoms with E-state index in [0.717, 1.165) is 36.6 Å². The molecule has 0 saturated heterocycles. The number of aromatic nitrogens is 3. The lowest BCUT2D eigenvalue weighted by Gasteiger charge is -2.23. The fourth-order valence-corrected chi connectivity index (χ4v) is 2.87. The van der Waals surface area contributed by atoms with Crippen LogP contribution in [-0.2, 0) is 7.05 Å². The Bertz CT molecular complexity index is 619. The fourth-order valence-electron chi connectivity index (χ4n) is 2.10. The van der Waals surface area contributed by atoms with Crippen molar-refractivity contribution in [3.05, 3.63) is 23.5 Å². The number of hydrogen-bond donors (Lipinski definition) is 0.